The lowest BCUT2D eigenvalue weighted by atomic mass is 10.2. The minimum absolute atomic E-state index is 0.211. The van der Waals surface area contributed by atoms with E-state index in [4.69, 9.17) is 9.47 Å². The van der Waals surface area contributed by atoms with Crippen LogP contribution in [0.25, 0.3) is 10.9 Å². The number of amides is 1. The van der Waals surface area contributed by atoms with Crippen LogP contribution in [0.15, 0.2) is 58.1 Å². The molecular weight excluding hydrogens is 386 g/mol. The molecule has 158 valence electrons. The van der Waals surface area contributed by atoms with Gasteiger partial charge in [-0.05, 0) is 49.7 Å². The second-order valence-electron chi connectivity index (χ2n) is 6.69. The van der Waals surface area contributed by atoms with Crippen LogP contribution in [0.4, 0.5) is 5.69 Å². The van der Waals surface area contributed by atoms with Gasteiger partial charge in [0.2, 0.25) is 5.91 Å². The molecule has 0 aliphatic rings. The standard InChI is InChI=1S/C22H25N3O5/c1-3-30-17-11-9-16(10-12-17)23-20(26)15-25-19-8-5-4-7-18(19)21(27)24(22(25)28)13-6-14-29-2/h4-5,7-12H,3,6,13-15H2,1-2H3,(H,23,26). The van der Waals surface area contributed by atoms with E-state index in [0.717, 1.165) is 4.57 Å². The Morgan fingerprint density at radius 2 is 1.77 bits per heavy atom. The van der Waals surface area contributed by atoms with Gasteiger partial charge in [0.1, 0.15) is 12.3 Å². The van der Waals surface area contributed by atoms with Gasteiger partial charge in [0.15, 0.2) is 0 Å². The zero-order valence-corrected chi connectivity index (χ0v) is 17.1. The van der Waals surface area contributed by atoms with Crippen LogP contribution in [-0.4, -0.2) is 35.4 Å². The number of para-hydroxylation sites is 1. The fourth-order valence-corrected chi connectivity index (χ4v) is 3.23. The summed E-state index contributed by atoms with van der Waals surface area (Å²) in [5.74, 6) is 0.342. The molecule has 0 atom stereocenters. The lowest BCUT2D eigenvalue weighted by Crippen LogP contribution is -2.42. The SMILES string of the molecule is CCOc1ccc(NC(=O)Cn2c(=O)n(CCCOC)c(=O)c3ccccc32)cc1. The van der Waals surface area contributed by atoms with E-state index in [2.05, 4.69) is 5.32 Å². The zero-order chi connectivity index (χ0) is 21.5. The van der Waals surface area contributed by atoms with Crippen LogP contribution in [0.5, 0.6) is 5.75 Å². The van der Waals surface area contributed by atoms with Crippen molar-refractivity contribution in [3.8, 4) is 5.75 Å². The maximum absolute atomic E-state index is 13.0. The Hall–Kier alpha value is -3.39. The van der Waals surface area contributed by atoms with Crippen LogP contribution in [-0.2, 0) is 22.6 Å². The quantitative estimate of drug-likeness (QED) is 0.545. The molecule has 0 spiro atoms. The number of hydrogen-bond acceptors (Lipinski definition) is 5. The summed E-state index contributed by atoms with van der Waals surface area (Å²) < 4.78 is 12.9. The third-order valence-electron chi connectivity index (χ3n) is 4.61. The first-order valence-corrected chi connectivity index (χ1v) is 9.79. The molecule has 0 saturated carbocycles. The number of benzene rings is 2. The summed E-state index contributed by atoms with van der Waals surface area (Å²) in [5, 5.41) is 3.17. The monoisotopic (exact) mass is 411 g/mol. The van der Waals surface area contributed by atoms with E-state index in [9.17, 15) is 14.4 Å². The van der Waals surface area contributed by atoms with Crippen molar-refractivity contribution in [2.75, 3.05) is 25.6 Å². The van der Waals surface area contributed by atoms with E-state index in [0.29, 0.717) is 42.0 Å². The number of nitrogens with one attached hydrogen (secondary N) is 1. The van der Waals surface area contributed by atoms with Crippen molar-refractivity contribution < 1.29 is 14.3 Å². The summed E-state index contributed by atoms with van der Waals surface area (Å²) in [5.41, 5.74) is 0.137. The molecule has 1 N–H and O–H groups in total. The van der Waals surface area contributed by atoms with E-state index in [1.54, 1.807) is 55.6 Å². The van der Waals surface area contributed by atoms with Crippen LogP contribution in [0, 0.1) is 0 Å². The minimum Gasteiger partial charge on any atom is -0.494 e. The van der Waals surface area contributed by atoms with Gasteiger partial charge < -0.3 is 14.8 Å². The Labute approximate surface area is 173 Å². The Kier molecular flexibility index (Phi) is 7.03. The van der Waals surface area contributed by atoms with Crippen molar-refractivity contribution in [3.63, 3.8) is 0 Å². The van der Waals surface area contributed by atoms with Gasteiger partial charge >= 0.3 is 5.69 Å². The van der Waals surface area contributed by atoms with Gasteiger partial charge in [0.05, 0.1) is 17.5 Å². The zero-order valence-electron chi connectivity index (χ0n) is 17.1. The van der Waals surface area contributed by atoms with Crippen molar-refractivity contribution in [1.82, 2.24) is 9.13 Å². The number of methoxy groups -OCH3 is 1. The van der Waals surface area contributed by atoms with Crippen LogP contribution in [0.1, 0.15) is 13.3 Å². The Bertz CT molecular complexity index is 1130. The molecule has 8 nitrogen and oxygen atoms in total. The highest BCUT2D eigenvalue weighted by Crippen LogP contribution is 2.16. The fourth-order valence-electron chi connectivity index (χ4n) is 3.23. The van der Waals surface area contributed by atoms with Crippen molar-refractivity contribution in [2.24, 2.45) is 0 Å². The second kappa shape index (κ2) is 9.89. The largest absolute Gasteiger partial charge is 0.494 e. The Morgan fingerprint density at radius 3 is 2.47 bits per heavy atom. The number of rotatable bonds is 9. The second-order valence-corrected chi connectivity index (χ2v) is 6.69. The van der Waals surface area contributed by atoms with E-state index < -0.39 is 5.69 Å². The van der Waals surface area contributed by atoms with Crippen LogP contribution in [0.2, 0.25) is 0 Å². The minimum atomic E-state index is -0.517. The first-order chi connectivity index (χ1) is 14.5. The first-order valence-electron chi connectivity index (χ1n) is 9.79. The predicted molar refractivity (Wildman–Crippen MR) is 115 cm³/mol. The molecule has 0 radical (unpaired) electrons. The molecular formula is C22H25N3O5. The maximum Gasteiger partial charge on any atom is 0.331 e. The summed E-state index contributed by atoms with van der Waals surface area (Å²) in [6.07, 6.45) is 0.516. The Morgan fingerprint density at radius 1 is 1.03 bits per heavy atom. The molecule has 2 aromatic carbocycles. The van der Waals surface area contributed by atoms with Crippen LogP contribution < -0.4 is 21.3 Å². The molecule has 0 aliphatic heterocycles. The van der Waals surface area contributed by atoms with Gasteiger partial charge in [-0.2, -0.15) is 0 Å². The van der Waals surface area contributed by atoms with Gasteiger partial charge in [-0.1, -0.05) is 12.1 Å². The number of carbonyl (C=O) groups is 1. The highest BCUT2D eigenvalue weighted by atomic mass is 16.5. The smallest absolute Gasteiger partial charge is 0.331 e. The molecule has 1 aromatic heterocycles. The van der Waals surface area contributed by atoms with Crippen molar-refractivity contribution in [3.05, 3.63) is 69.4 Å². The fraction of sp³-hybridized carbons (Fsp3) is 0.318. The van der Waals surface area contributed by atoms with Gasteiger partial charge in [-0.3, -0.25) is 18.7 Å². The molecule has 0 unspecified atom stereocenters. The number of carbonyl (C=O) groups excluding carboxylic acids is 1. The molecule has 0 fully saturated rings. The van der Waals surface area contributed by atoms with Crippen molar-refractivity contribution >= 4 is 22.5 Å². The van der Waals surface area contributed by atoms with E-state index in [1.807, 2.05) is 6.92 Å². The lowest BCUT2D eigenvalue weighted by molar-refractivity contribution is -0.116. The summed E-state index contributed by atoms with van der Waals surface area (Å²) in [6.45, 7) is 2.89. The molecule has 1 heterocycles. The predicted octanol–water partition coefficient (Wildman–Crippen LogP) is 2.24. The Balaban J connectivity index is 1.89. The topological polar surface area (TPSA) is 91.6 Å². The molecule has 1 amide bonds. The molecule has 0 aliphatic carbocycles. The summed E-state index contributed by atoms with van der Waals surface area (Å²) in [4.78, 5) is 38.4. The van der Waals surface area contributed by atoms with Gasteiger partial charge in [-0.25, -0.2) is 4.79 Å². The molecule has 0 bridgehead atoms. The van der Waals surface area contributed by atoms with Crippen molar-refractivity contribution in [2.45, 2.75) is 26.4 Å². The van der Waals surface area contributed by atoms with Crippen LogP contribution in [0.3, 0.4) is 0 Å². The average Bonchev–Trinajstić information content (AvgIpc) is 2.75. The van der Waals surface area contributed by atoms with Gasteiger partial charge in [0.25, 0.3) is 5.56 Å². The third kappa shape index (κ3) is 4.77. The summed E-state index contributed by atoms with van der Waals surface area (Å²) >= 11 is 0. The number of aromatic nitrogens is 2. The summed E-state index contributed by atoms with van der Waals surface area (Å²) in [6, 6.07) is 13.8. The average molecular weight is 411 g/mol. The number of ether oxygens (including phenoxy) is 2. The van der Waals surface area contributed by atoms with Crippen LogP contribution >= 0.6 is 0 Å². The van der Waals surface area contributed by atoms with E-state index in [-0.39, 0.29) is 24.6 Å². The molecule has 3 aromatic rings. The maximum atomic E-state index is 13.0. The first kappa shape index (κ1) is 21.3. The van der Waals surface area contributed by atoms with Gasteiger partial charge in [-0.15, -0.1) is 0 Å². The normalized spacial score (nSPS) is 10.9. The molecule has 8 heteroatoms. The third-order valence-corrected chi connectivity index (χ3v) is 4.61. The van der Waals surface area contributed by atoms with Crippen molar-refractivity contribution in [1.29, 1.82) is 0 Å². The van der Waals surface area contributed by atoms with E-state index in [1.165, 1.54) is 4.57 Å². The molecule has 30 heavy (non-hydrogen) atoms. The summed E-state index contributed by atoms with van der Waals surface area (Å²) in [7, 11) is 1.56. The van der Waals surface area contributed by atoms with E-state index >= 15 is 0 Å². The highest BCUT2D eigenvalue weighted by Gasteiger charge is 2.15. The molecule has 0 saturated heterocycles. The lowest BCUT2D eigenvalue weighted by Gasteiger charge is -2.14. The number of fused-ring (bicyclic) bond motifs is 1. The highest BCUT2D eigenvalue weighted by molar-refractivity contribution is 5.91. The number of hydrogen-bond donors (Lipinski definition) is 1. The number of nitrogens with zero attached hydrogens (tertiary/aromatic N) is 2. The molecule has 3 rings (SSSR count). The number of anilines is 1. The van der Waals surface area contributed by atoms with Gasteiger partial charge in [0, 0.05) is 25.9 Å².